The van der Waals surface area contributed by atoms with Crippen LogP contribution in [-0.4, -0.2) is 65.0 Å². The third kappa shape index (κ3) is 7.66. The smallest absolute Gasteiger partial charge is 0.305 e. The van der Waals surface area contributed by atoms with E-state index in [0.29, 0.717) is 17.7 Å². The quantitative estimate of drug-likeness (QED) is 0.403. The van der Waals surface area contributed by atoms with Gasteiger partial charge >= 0.3 is 5.97 Å². The third-order valence-electron chi connectivity index (χ3n) is 8.05. The van der Waals surface area contributed by atoms with Gasteiger partial charge in [0.2, 0.25) is 11.7 Å². The first kappa shape index (κ1) is 27.8. The molecule has 1 aliphatic heterocycles. The number of rotatable bonds is 11. The van der Waals surface area contributed by atoms with E-state index in [1.54, 1.807) is 12.3 Å². The van der Waals surface area contributed by atoms with Crippen molar-refractivity contribution in [2.75, 3.05) is 26.2 Å². The van der Waals surface area contributed by atoms with Crippen LogP contribution in [0.1, 0.15) is 80.3 Å². The number of carbonyl (C=O) groups is 3. The molecule has 1 aliphatic carbocycles. The van der Waals surface area contributed by atoms with Gasteiger partial charge in [0.15, 0.2) is 0 Å². The Hall–Kier alpha value is -3.20. The number of carboxylic acid groups (broad SMARTS) is 1. The van der Waals surface area contributed by atoms with Crippen molar-refractivity contribution in [2.45, 2.75) is 77.2 Å². The first-order valence-corrected chi connectivity index (χ1v) is 13.9. The molecule has 1 saturated carbocycles. The topological polar surface area (TPSA) is 125 Å². The summed E-state index contributed by atoms with van der Waals surface area (Å²) >= 11 is 0. The maximum Gasteiger partial charge on any atom is 0.305 e. The number of aromatic nitrogens is 1. The lowest BCUT2D eigenvalue weighted by Crippen LogP contribution is -2.46. The Morgan fingerprint density at radius 1 is 1.13 bits per heavy atom. The predicted octanol–water partition coefficient (Wildman–Crippen LogP) is 4.17. The van der Waals surface area contributed by atoms with Crippen LogP contribution >= 0.6 is 0 Å². The average molecular weight is 525 g/mol. The molecule has 2 aromatic rings. The molecule has 206 valence electrons. The normalized spacial score (nSPS) is 18.1. The van der Waals surface area contributed by atoms with Crippen LogP contribution in [0, 0.1) is 12.3 Å². The number of nitrogens with one attached hydrogen (secondary N) is 2. The van der Waals surface area contributed by atoms with Crippen LogP contribution in [0.4, 0.5) is 0 Å². The Balaban J connectivity index is 1.25. The van der Waals surface area contributed by atoms with E-state index in [0.717, 1.165) is 75.8 Å². The number of amides is 2. The SMILES string of the molecule is Cc1ccc(-c2ccoc2C(=O)NC2CCN(CCC3(CC(=O)NCCC(=O)O)CCCCC3)CC2)nc1. The lowest BCUT2D eigenvalue weighted by Gasteiger charge is -2.40. The molecular weight excluding hydrogens is 484 g/mol. The molecule has 1 saturated heterocycles. The molecule has 3 N–H and O–H groups in total. The van der Waals surface area contributed by atoms with E-state index in [2.05, 4.69) is 20.5 Å². The lowest BCUT2D eigenvalue weighted by molar-refractivity contribution is -0.137. The number of carbonyl (C=O) groups excluding carboxylic acids is 2. The Labute approximate surface area is 224 Å². The van der Waals surface area contributed by atoms with Crippen LogP contribution in [0.25, 0.3) is 11.3 Å². The van der Waals surface area contributed by atoms with Gasteiger partial charge in [-0.25, -0.2) is 0 Å². The Bertz CT molecular complexity index is 1080. The second-order valence-corrected chi connectivity index (χ2v) is 11.0. The zero-order chi connectivity index (χ0) is 27.0. The number of aryl methyl sites for hydroxylation is 1. The highest BCUT2D eigenvalue weighted by molar-refractivity contribution is 5.97. The highest BCUT2D eigenvalue weighted by Crippen LogP contribution is 2.42. The number of aliphatic carboxylic acids is 1. The largest absolute Gasteiger partial charge is 0.481 e. The summed E-state index contributed by atoms with van der Waals surface area (Å²) in [5.41, 5.74) is 2.47. The molecular formula is C29H40N4O5. The van der Waals surface area contributed by atoms with E-state index in [4.69, 9.17) is 9.52 Å². The van der Waals surface area contributed by atoms with E-state index >= 15 is 0 Å². The predicted molar refractivity (Wildman–Crippen MR) is 144 cm³/mol. The van der Waals surface area contributed by atoms with Gasteiger partial charge < -0.3 is 25.1 Å². The summed E-state index contributed by atoms with van der Waals surface area (Å²) < 4.78 is 5.53. The van der Waals surface area contributed by atoms with Crippen LogP contribution in [0.5, 0.6) is 0 Å². The molecule has 0 spiro atoms. The van der Waals surface area contributed by atoms with Crippen molar-refractivity contribution in [3.05, 3.63) is 42.0 Å². The van der Waals surface area contributed by atoms with Crippen molar-refractivity contribution in [3.8, 4) is 11.3 Å². The van der Waals surface area contributed by atoms with Crippen molar-refractivity contribution < 1.29 is 23.9 Å². The van der Waals surface area contributed by atoms with Crippen LogP contribution in [0.2, 0.25) is 0 Å². The Morgan fingerprint density at radius 2 is 1.89 bits per heavy atom. The van der Waals surface area contributed by atoms with Gasteiger partial charge in [0, 0.05) is 38.3 Å². The standard InChI is InChI=1S/C29H40N4O5/c1-21-5-6-24(31-20-21)23-10-18-38-27(23)28(37)32-22-8-15-33(16-9-22)17-13-29(11-3-2-4-12-29)19-25(34)30-14-7-26(35)36/h5-6,10,18,20,22H,2-4,7-9,11-17,19H2,1H3,(H,30,34)(H,32,37)(H,35,36). The summed E-state index contributed by atoms with van der Waals surface area (Å²) in [5, 5.41) is 14.8. The minimum atomic E-state index is -0.898. The van der Waals surface area contributed by atoms with Gasteiger partial charge in [0.25, 0.3) is 5.91 Å². The lowest BCUT2D eigenvalue weighted by atomic mass is 9.69. The summed E-state index contributed by atoms with van der Waals surface area (Å²) in [6.07, 6.45) is 12.0. The van der Waals surface area contributed by atoms with Crippen molar-refractivity contribution >= 4 is 17.8 Å². The number of furan rings is 1. The molecule has 4 rings (SSSR count). The van der Waals surface area contributed by atoms with Crippen molar-refractivity contribution in [2.24, 2.45) is 5.41 Å². The van der Waals surface area contributed by atoms with Gasteiger partial charge in [-0.05, 0) is 68.7 Å². The average Bonchev–Trinajstić information content (AvgIpc) is 3.39. The van der Waals surface area contributed by atoms with E-state index < -0.39 is 5.97 Å². The second-order valence-electron chi connectivity index (χ2n) is 11.0. The number of hydrogen-bond donors (Lipinski definition) is 3. The van der Waals surface area contributed by atoms with E-state index in [1.807, 2.05) is 19.1 Å². The number of pyridine rings is 1. The molecule has 9 nitrogen and oxygen atoms in total. The summed E-state index contributed by atoms with van der Waals surface area (Å²) in [7, 11) is 0. The van der Waals surface area contributed by atoms with Gasteiger partial charge in [-0.3, -0.25) is 19.4 Å². The molecule has 38 heavy (non-hydrogen) atoms. The third-order valence-corrected chi connectivity index (χ3v) is 8.05. The highest BCUT2D eigenvalue weighted by Gasteiger charge is 2.35. The zero-order valence-corrected chi connectivity index (χ0v) is 22.3. The number of piperidine rings is 1. The molecule has 2 fully saturated rings. The zero-order valence-electron chi connectivity index (χ0n) is 22.3. The van der Waals surface area contributed by atoms with E-state index in [-0.39, 0.29) is 36.2 Å². The fourth-order valence-electron chi connectivity index (χ4n) is 5.79. The van der Waals surface area contributed by atoms with Crippen molar-refractivity contribution in [3.63, 3.8) is 0 Å². The van der Waals surface area contributed by atoms with Gasteiger partial charge in [-0.15, -0.1) is 0 Å². The Morgan fingerprint density at radius 3 is 2.58 bits per heavy atom. The van der Waals surface area contributed by atoms with Crippen LogP contribution in [0.15, 0.2) is 35.1 Å². The number of likely N-dealkylation sites (tertiary alicyclic amines) is 1. The van der Waals surface area contributed by atoms with Gasteiger partial charge in [0.05, 0.1) is 23.9 Å². The van der Waals surface area contributed by atoms with Crippen molar-refractivity contribution in [1.29, 1.82) is 0 Å². The van der Waals surface area contributed by atoms with Crippen LogP contribution in [-0.2, 0) is 9.59 Å². The first-order chi connectivity index (χ1) is 18.3. The van der Waals surface area contributed by atoms with Gasteiger partial charge in [0.1, 0.15) is 0 Å². The van der Waals surface area contributed by atoms with Gasteiger partial charge in [-0.1, -0.05) is 25.3 Å². The molecule has 2 amide bonds. The van der Waals surface area contributed by atoms with Crippen LogP contribution in [0.3, 0.4) is 0 Å². The molecule has 0 unspecified atom stereocenters. The fourth-order valence-corrected chi connectivity index (χ4v) is 5.79. The fraction of sp³-hybridized carbons (Fsp3) is 0.586. The molecule has 9 heteroatoms. The van der Waals surface area contributed by atoms with E-state index in [9.17, 15) is 14.4 Å². The number of nitrogens with zero attached hydrogens (tertiary/aromatic N) is 2. The first-order valence-electron chi connectivity index (χ1n) is 13.9. The van der Waals surface area contributed by atoms with Crippen molar-refractivity contribution in [1.82, 2.24) is 20.5 Å². The maximum absolute atomic E-state index is 13.0. The Kier molecular flexibility index (Phi) is 9.55. The minimum absolute atomic E-state index is 0.00365. The molecule has 0 bridgehead atoms. The van der Waals surface area contributed by atoms with Crippen LogP contribution < -0.4 is 10.6 Å². The minimum Gasteiger partial charge on any atom is -0.481 e. The summed E-state index contributed by atoms with van der Waals surface area (Å²) in [6.45, 7) is 4.89. The summed E-state index contributed by atoms with van der Waals surface area (Å²) in [5.74, 6) is -0.844. The molecule has 2 aliphatic rings. The highest BCUT2D eigenvalue weighted by atomic mass is 16.4. The maximum atomic E-state index is 13.0. The van der Waals surface area contributed by atoms with Gasteiger partial charge in [-0.2, -0.15) is 0 Å². The molecule has 2 aromatic heterocycles. The second kappa shape index (κ2) is 13.0. The monoisotopic (exact) mass is 524 g/mol. The molecule has 0 atom stereocenters. The molecule has 3 heterocycles. The summed E-state index contributed by atoms with van der Waals surface area (Å²) in [4.78, 5) is 43.2. The number of carboxylic acids is 1. The molecule has 0 aromatic carbocycles. The summed E-state index contributed by atoms with van der Waals surface area (Å²) in [6, 6.07) is 5.74. The molecule has 0 radical (unpaired) electrons. The number of hydrogen-bond acceptors (Lipinski definition) is 6. The van der Waals surface area contributed by atoms with E-state index in [1.165, 1.54) is 12.7 Å².